The van der Waals surface area contributed by atoms with E-state index in [2.05, 4.69) is 5.32 Å². The quantitative estimate of drug-likeness (QED) is 0.767. The monoisotopic (exact) mass is 305 g/mol. The van der Waals surface area contributed by atoms with Crippen molar-refractivity contribution in [1.29, 1.82) is 0 Å². The second-order valence-corrected chi connectivity index (χ2v) is 5.50. The molecule has 0 bridgehead atoms. The molecule has 1 heterocycles. The zero-order valence-electron chi connectivity index (χ0n) is 12.9. The third-order valence-electron chi connectivity index (χ3n) is 3.60. The number of hydrogen-bond acceptors (Lipinski definition) is 3. The Morgan fingerprint density at radius 1 is 1.25 bits per heavy atom. The number of hydrogen-bond donors (Lipinski definition) is 1. The summed E-state index contributed by atoms with van der Waals surface area (Å²) in [5, 5.41) is 3.31. The Balaban J connectivity index is 0.00000361. The Hall–Kier alpha value is -0.810. The predicted molar refractivity (Wildman–Crippen MR) is 83.0 cm³/mol. The Morgan fingerprint density at radius 2 is 1.95 bits per heavy atom. The highest BCUT2D eigenvalue weighted by Crippen LogP contribution is 2.15. The van der Waals surface area contributed by atoms with Crippen molar-refractivity contribution < 1.29 is 9.59 Å². The van der Waals surface area contributed by atoms with Crippen molar-refractivity contribution in [3.8, 4) is 0 Å². The van der Waals surface area contributed by atoms with Gasteiger partial charge in [0.1, 0.15) is 0 Å². The molecule has 2 amide bonds. The lowest BCUT2D eigenvalue weighted by Crippen LogP contribution is -2.40. The minimum absolute atomic E-state index is 0. The van der Waals surface area contributed by atoms with Crippen LogP contribution in [0.25, 0.3) is 0 Å². The Morgan fingerprint density at radius 3 is 2.45 bits per heavy atom. The number of nitrogens with zero attached hydrogens (tertiary/aromatic N) is 2. The molecular weight excluding hydrogens is 278 g/mol. The van der Waals surface area contributed by atoms with Gasteiger partial charge >= 0.3 is 0 Å². The van der Waals surface area contributed by atoms with Crippen molar-refractivity contribution in [3.05, 3.63) is 0 Å². The van der Waals surface area contributed by atoms with Crippen LogP contribution in [-0.4, -0.2) is 61.9 Å². The number of likely N-dealkylation sites (N-methyl/N-ethyl adjacent to an activating group) is 1. The summed E-state index contributed by atoms with van der Waals surface area (Å²) in [6.45, 7) is 5.00. The number of carbonyl (C=O) groups is 2. The van der Waals surface area contributed by atoms with Crippen LogP contribution in [0.5, 0.6) is 0 Å². The van der Waals surface area contributed by atoms with E-state index >= 15 is 0 Å². The highest BCUT2D eigenvalue weighted by atomic mass is 35.5. The smallest absolute Gasteiger partial charge is 0.241 e. The first-order valence-electron chi connectivity index (χ1n) is 7.23. The zero-order valence-corrected chi connectivity index (χ0v) is 13.7. The lowest BCUT2D eigenvalue weighted by Gasteiger charge is -2.24. The van der Waals surface area contributed by atoms with Crippen LogP contribution in [0.2, 0.25) is 0 Å². The molecule has 0 aromatic rings. The number of halogens is 1. The third-order valence-corrected chi connectivity index (χ3v) is 3.60. The summed E-state index contributed by atoms with van der Waals surface area (Å²) in [5.41, 5.74) is 0. The molecule has 1 saturated heterocycles. The summed E-state index contributed by atoms with van der Waals surface area (Å²) < 4.78 is 0. The molecule has 0 aromatic carbocycles. The van der Waals surface area contributed by atoms with Crippen LogP contribution in [0.1, 0.15) is 32.6 Å². The maximum Gasteiger partial charge on any atom is 0.241 e. The van der Waals surface area contributed by atoms with Crippen molar-refractivity contribution >= 4 is 24.2 Å². The van der Waals surface area contributed by atoms with Crippen LogP contribution in [0, 0.1) is 5.92 Å². The van der Waals surface area contributed by atoms with Crippen LogP contribution in [0.4, 0.5) is 0 Å². The SMILES string of the molecule is CCCN(CC(=O)N(C)C)C(=O)CCC1CCNC1.Cl. The molecule has 0 radical (unpaired) electrons. The van der Waals surface area contributed by atoms with Crippen molar-refractivity contribution in [2.24, 2.45) is 5.92 Å². The van der Waals surface area contributed by atoms with E-state index in [0.29, 0.717) is 18.9 Å². The van der Waals surface area contributed by atoms with Crippen LogP contribution >= 0.6 is 12.4 Å². The first-order chi connectivity index (χ1) is 9.04. The normalized spacial score (nSPS) is 17.4. The average molecular weight is 306 g/mol. The standard InChI is InChI=1S/C14H27N3O2.ClH/c1-4-9-17(11-14(19)16(2)3)13(18)6-5-12-7-8-15-10-12;/h12,15H,4-11H2,1-3H3;1H. The molecule has 1 aliphatic heterocycles. The van der Waals surface area contributed by atoms with Gasteiger partial charge in [0.2, 0.25) is 11.8 Å². The molecule has 1 atom stereocenters. The number of rotatable bonds is 7. The molecule has 20 heavy (non-hydrogen) atoms. The van der Waals surface area contributed by atoms with Gasteiger partial charge in [-0.15, -0.1) is 12.4 Å². The lowest BCUT2D eigenvalue weighted by molar-refractivity contribution is -0.139. The zero-order chi connectivity index (χ0) is 14.3. The fraction of sp³-hybridized carbons (Fsp3) is 0.857. The largest absolute Gasteiger partial charge is 0.347 e. The van der Waals surface area contributed by atoms with Gasteiger partial charge in [-0.2, -0.15) is 0 Å². The van der Waals surface area contributed by atoms with Crippen molar-refractivity contribution in [2.45, 2.75) is 32.6 Å². The molecule has 1 N–H and O–H groups in total. The molecule has 0 aromatic heterocycles. The molecular formula is C14H28ClN3O2. The van der Waals surface area contributed by atoms with E-state index in [4.69, 9.17) is 0 Å². The number of amides is 2. The van der Waals surface area contributed by atoms with Crippen molar-refractivity contribution in [3.63, 3.8) is 0 Å². The van der Waals surface area contributed by atoms with Crippen LogP contribution in [-0.2, 0) is 9.59 Å². The second-order valence-electron chi connectivity index (χ2n) is 5.50. The topological polar surface area (TPSA) is 52.7 Å². The average Bonchev–Trinajstić information content (AvgIpc) is 2.88. The van der Waals surface area contributed by atoms with Crippen LogP contribution < -0.4 is 5.32 Å². The summed E-state index contributed by atoms with van der Waals surface area (Å²) in [6, 6.07) is 0. The fourth-order valence-corrected chi connectivity index (χ4v) is 2.31. The molecule has 1 fully saturated rings. The van der Waals surface area contributed by atoms with E-state index in [1.807, 2.05) is 6.92 Å². The van der Waals surface area contributed by atoms with E-state index in [9.17, 15) is 9.59 Å². The van der Waals surface area contributed by atoms with Crippen LogP contribution in [0.15, 0.2) is 0 Å². The fourth-order valence-electron chi connectivity index (χ4n) is 2.31. The molecule has 0 saturated carbocycles. The summed E-state index contributed by atoms with van der Waals surface area (Å²) in [7, 11) is 3.45. The van der Waals surface area contributed by atoms with Gasteiger partial charge in [0, 0.05) is 27.1 Å². The molecule has 1 unspecified atom stereocenters. The first-order valence-corrected chi connectivity index (χ1v) is 7.23. The highest BCUT2D eigenvalue weighted by molar-refractivity contribution is 5.85. The van der Waals surface area contributed by atoms with Crippen molar-refractivity contribution in [1.82, 2.24) is 15.1 Å². The van der Waals surface area contributed by atoms with Gasteiger partial charge in [-0.1, -0.05) is 6.92 Å². The van der Waals surface area contributed by atoms with Gasteiger partial charge in [0.25, 0.3) is 0 Å². The summed E-state index contributed by atoms with van der Waals surface area (Å²) in [6.07, 6.45) is 3.55. The van der Waals surface area contributed by atoms with Gasteiger partial charge in [-0.3, -0.25) is 9.59 Å². The molecule has 0 spiro atoms. The third kappa shape index (κ3) is 6.57. The Bertz CT molecular complexity index is 305. The predicted octanol–water partition coefficient (Wildman–Crippen LogP) is 1.12. The molecule has 0 aliphatic carbocycles. The molecule has 1 rings (SSSR count). The van der Waals surface area contributed by atoms with E-state index < -0.39 is 0 Å². The summed E-state index contributed by atoms with van der Waals surface area (Å²) in [5.74, 6) is 0.727. The number of carbonyl (C=O) groups excluding carboxylic acids is 2. The van der Waals surface area contributed by atoms with Gasteiger partial charge in [0.15, 0.2) is 0 Å². The van der Waals surface area contributed by atoms with Crippen LogP contribution in [0.3, 0.4) is 0 Å². The van der Waals surface area contributed by atoms with Gasteiger partial charge in [-0.25, -0.2) is 0 Å². The second kappa shape index (κ2) is 10.00. The maximum atomic E-state index is 12.2. The molecule has 118 valence electrons. The molecule has 1 aliphatic rings. The highest BCUT2D eigenvalue weighted by Gasteiger charge is 2.20. The van der Waals surface area contributed by atoms with E-state index in [1.165, 1.54) is 4.90 Å². The first kappa shape index (κ1) is 19.2. The Kier molecular flexibility index (Phi) is 9.59. The van der Waals surface area contributed by atoms with E-state index in [1.54, 1.807) is 19.0 Å². The summed E-state index contributed by atoms with van der Waals surface area (Å²) in [4.78, 5) is 27.1. The molecule has 6 heteroatoms. The molecule has 5 nitrogen and oxygen atoms in total. The summed E-state index contributed by atoms with van der Waals surface area (Å²) >= 11 is 0. The number of nitrogens with one attached hydrogen (secondary N) is 1. The van der Waals surface area contributed by atoms with Gasteiger partial charge < -0.3 is 15.1 Å². The lowest BCUT2D eigenvalue weighted by atomic mass is 10.0. The Labute approximate surface area is 128 Å². The minimum atomic E-state index is -0.00988. The minimum Gasteiger partial charge on any atom is -0.347 e. The van der Waals surface area contributed by atoms with E-state index in [0.717, 1.165) is 32.4 Å². The van der Waals surface area contributed by atoms with Gasteiger partial charge in [-0.05, 0) is 38.3 Å². The van der Waals surface area contributed by atoms with Gasteiger partial charge in [0.05, 0.1) is 6.54 Å². The maximum absolute atomic E-state index is 12.2. The van der Waals surface area contributed by atoms with E-state index in [-0.39, 0.29) is 30.8 Å². The van der Waals surface area contributed by atoms with Crippen molar-refractivity contribution in [2.75, 3.05) is 40.3 Å².